The Kier molecular flexibility index (Phi) is 7.14. The van der Waals surface area contributed by atoms with Gasteiger partial charge in [0.15, 0.2) is 0 Å². The van der Waals surface area contributed by atoms with E-state index in [-0.39, 0.29) is 24.0 Å². The topological polar surface area (TPSA) is 68.1 Å². The summed E-state index contributed by atoms with van der Waals surface area (Å²) in [6, 6.07) is 7.61. The largest absolute Gasteiger partial charge is 0.355 e. The van der Waals surface area contributed by atoms with Crippen molar-refractivity contribution in [2.75, 3.05) is 19.6 Å². The van der Waals surface area contributed by atoms with Crippen molar-refractivity contribution in [3.8, 4) is 0 Å². The van der Waals surface area contributed by atoms with Gasteiger partial charge in [-0.2, -0.15) is 0 Å². The first-order valence-corrected chi connectivity index (χ1v) is 7.26. The Balaban J connectivity index is 0.00000242. The van der Waals surface area contributed by atoms with Crippen LogP contribution >= 0.6 is 12.4 Å². The highest BCUT2D eigenvalue weighted by molar-refractivity contribution is 5.85. The van der Waals surface area contributed by atoms with E-state index in [9.17, 15) is 9.59 Å². The van der Waals surface area contributed by atoms with E-state index in [1.807, 2.05) is 31.2 Å². The van der Waals surface area contributed by atoms with Crippen LogP contribution in [0.5, 0.6) is 0 Å². The molecular weight excluding hydrogens is 304 g/mol. The Morgan fingerprint density at radius 1 is 1.18 bits per heavy atom. The Hall–Kier alpha value is -1.79. The molecule has 2 N–H and O–H groups in total. The predicted molar refractivity (Wildman–Crippen MR) is 90.6 cm³/mol. The Labute approximate surface area is 135 Å². The minimum atomic E-state index is -0.0864. The van der Waals surface area contributed by atoms with Crippen LogP contribution in [0.4, 0.5) is 0 Å². The van der Waals surface area contributed by atoms with Gasteiger partial charge in [-0.1, -0.05) is 19.1 Å². The lowest BCUT2D eigenvalue weighted by molar-refractivity contribution is -0.121. The maximum Gasteiger partial charge on any atom is 0.328 e. The van der Waals surface area contributed by atoms with Gasteiger partial charge in [-0.3, -0.25) is 13.9 Å². The molecule has 0 aliphatic heterocycles. The van der Waals surface area contributed by atoms with Gasteiger partial charge in [0.1, 0.15) is 0 Å². The maximum absolute atomic E-state index is 12.2. The third-order valence-electron chi connectivity index (χ3n) is 3.49. The minimum Gasteiger partial charge on any atom is -0.355 e. The molecule has 1 amide bonds. The summed E-state index contributed by atoms with van der Waals surface area (Å²) in [6.45, 7) is 4.68. The molecule has 122 valence electrons. The highest BCUT2D eigenvalue weighted by Crippen LogP contribution is 2.11. The van der Waals surface area contributed by atoms with Crippen LogP contribution in [0.3, 0.4) is 0 Å². The zero-order valence-corrected chi connectivity index (χ0v) is 13.8. The monoisotopic (exact) mass is 326 g/mol. The van der Waals surface area contributed by atoms with Crippen molar-refractivity contribution in [2.24, 2.45) is 7.05 Å². The van der Waals surface area contributed by atoms with Crippen LogP contribution < -0.4 is 16.3 Å². The van der Waals surface area contributed by atoms with E-state index in [2.05, 4.69) is 10.6 Å². The number of carbonyl (C=O) groups is 1. The van der Waals surface area contributed by atoms with Crippen molar-refractivity contribution in [3.05, 3.63) is 34.7 Å². The molecule has 1 heterocycles. The van der Waals surface area contributed by atoms with Gasteiger partial charge < -0.3 is 10.6 Å². The third kappa shape index (κ3) is 4.11. The summed E-state index contributed by atoms with van der Waals surface area (Å²) in [5.74, 6) is -0.0345. The van der Waals surface area contributed by atoms with Gasteiger partial charge in [0.25, 0.3) is 0 Å². The second-order valence-electron chi connectivity index (χ2n) is 4.94. The lowest BCUT2D eigenvalue weighted by atomic mass is 10.3. The number of aryl methyl sites for hydroxylation is 2. The van der Waals surface area contributed by atoms with Crippen molar-refractivity contribution in [3.63, 3.8) is 0 Å². The highest BCUT2D eigenvalue weighted by Gasteiger charge is 2.10. The Bertz CT molecular complexity index is 678. The van der Waals surface area contributed by atoms with Gasteiger partial charge in [-0.05, 0) is 18.7 Å². The van der Waals surface area contributed by atoms with E-state index in [0.29, 0.717) is 19.5 Å². The average molecular weight is 327 g/mol. The van der Waals surface area contributed by atoms with Crippen LogP contribution in [0.1, 0.15) is 13.3 Å². The smallest absolute Gasteiger partial charge is 0.328 e. The number of nitrogens with one attached hydrogen (secondary N) is 2. The molecule has 0 fully saturated rings. The molecule has 6 nitrogen and oxygen atoms in total. The van der Waals surface area contributed by atoms with Gasteiger partial charge in [0.2, 0.25) is 5.91 Å². The number of imidazole rings is 1. The first-order chi connectivity index (χ1) is 10.1. The summed E-state index contributed by atoms with van der Waals surface area (Å²) >= 11 is 0. The molecule has 2 rings (SSSR count). The van der Waals surface area contributed by atoms with Crippen LogP contribution in [-0.2, 0) is 18.4 Å². The SMILES string of the molecule is CCNCCNC(=O)CCn1c(=O)n(C)c2ccccc21.Cl. The normalized spacial score (nSPS) is 10.5. The lowest BCUT2D eigenvalue weighted by Gasteiger charge is -2.06. The molecule has 0 aliphatic carbocycles. The van der Waals surface area contributed by atoms with Gasteiger partial charge >= 0.3 is 5.69 Å². The summed E-state index contributed by atoms with van der Waals surface area (Å²) in [5.41, 5.74) is 1.66. The zero-order chi connectivity index (χ0) is 15.2. The number of para-hydroxylation sites is 2. The second-order valence-corrected chi connectivity index (χ2v) is 4.94. The van der Waals surface area contributed by atoms with E-state index in [1.54, 1.807) is 16.2 Å². The van der Waals surface area contributed by atoms with Crippen LogP contribution in [0.2, 0.25) is 0 Å². The number of halogens is 1. The van der Waals surface area contributed by atoms with Crippen molar-refractivity contribution in [1.82, 2.24) is 19.8 Å². The first-order valence-electron chi connectivity index (χ1n) is 7.26. The van der Waals surface area contributed by atoms with E-state index in [1.165, 1.54) is 0 Å². The number of rotatable bonds is 7. The summed E-state index contributed by atoms with van der Waals surface area (Å²) in [5, 5.41) is 5.98. The maximum atomic E-state index is 12.2. The van der Waals surface area contributed by atoms with Gasteiger partial charge in [0, 0.05) is 33.1 Å². The van der Waals surface area contributed by atoms with E-state index >= 15 is 0 Å². The standard InChI is InChI=1S/C15H22N4O2.ClH/c1-3-16-9-10-17-14(20)8-11-19-13-7-5-4-6-12(13)18(2)15(19)21;/h4-7,16H,3,8-11H2,1-2H3,(H,17,20);1H. The van der Waals surface area contributed by atoms with Crippen molar-refractivity contribution in [2.45, 2.75) is 19.9 Å². The van der Waals surface area contributed by atoms with Crippen LogP contribution in [0.15, 0.2) is 29.1 Å². The number of fused-ring (bicyclic) bond motifs is 1. The molecule has 2 aromatic rings. The van der Waals surface area contributed by atoms with Crippen molar-refractivity contribution in [1.29, 1.82) is 0 Å². The number of likely N-dealkylation sites (N-methyl/N-ethyl adjacent to an activating group) is 1. The average Bonchev–Trinajstić information content (AvgIpc) is 2.74. The minimum absolute atomic E-state index is 0. The molecule has 7 heteroatoms. The number of benzene rings is 1. The Morgan fingerprint density at radius 2 is 1.86 bits per heavy atom. The molecular formula is C15H23ClN4O2. The molecule has 1 aromatic carbocycles. The number of nitrogens with zero attached hydrogens (tertiary/aromatic N) is 2. The first kappa shape index (κ1) is 18.3. The lowest BCUT2D eigenvalue weighted by Crippen LogP contribution is -2.33. The molecule has 0 saturated carbocycles. The zero-order valence-electron chi connectivity index (χ0n) is 13.0. The number of carbonyl (C=O) groups excluding carboxylic acids is 1. The summed E-state index contributed by atoms with van der Waals surface area (Å²) in [6.07, 6.45) is 0.306. The van der Waals surface area contributed by atoms with Crippen molar-refractivity contribution < 1.29 is 4.79 Å². The molecule has 0 radical (unpaired) electrons. The Morgan fingerprint density at radius 3 is 2.55 bits per heavy atom. The summed E-state index contributed by atoms with van der Waals surface area (Å²) in [7, 11) is 1.75. The quantitative estimate of drug-likeness (QED) is 0.742. The third-order valence-corrected chi connectivity index (χ3v) is 3.49. The van der Waals surface area contributed by atoms with E-state index in [0.717, 1.165) is 24.1 Å². The molecule has 0 bridgehead atoms. The van der Waals surface area contributed by atoms with Gasteiger partial charge in [-0.15, -0.1) is 12.4 Å². The van der Waals surface area contributed by atoms with Crippen LogP contribution in [-0.4, -0.2) is 34.7 Å². The second kappa shape index (κ2) is 8.60. The molecule has 1 aromatic heterocycles. The number of aromatic nitrogens is 2. The fraction of sp³-hybridized carbons (Fsp3) is 0.467. The summed E-state index contributed by atoms with van der Waals surface area (Å²) < 4.78 is 3.26. The fourth-order valence-electron chi connectivity index (χ4n) is 2.35. The molecule has 0 saturated heterocycles. The van der Waals surface area contributed by atoms with Crippen LogP contribution in [0, 0.1) is 0 Å². The van der Waals surface area contributed by atoms with E-state index in [4.69, 9.17) is 0 Å². The van der Waals surface area contributed by atoms with Crippen LogP contribution in [0.25, 0.3) is 11.0 Å². The molecule has 22 heavy (non-hydrogen) atoms. The molecule has 0 aliphatic rings. The fourth-order valence-corrected chi connectivity index (χ4v) is 2.35. The highest BCUT2D eigenvalue weighted by atomic mass is 35.5. The van der Waals surface area contributed by atoms with Crippen molar-refractivity contribution >= 4 is 29.3 Å². The number of amides is 1. The predicted octanol–water partition coefficient (Wildman–Crippen LogP) is 0.878. The van der Waals surface area contributed by atoms with Gasteiger partial charge in [-0.25, -0.2) is 4.79 Å². The molecule has 0 unspecified atom stereocenters. The number of hydrogen-bond donors (Lipinski definition) is 2. The summed E-state index contributed by atoms with van der Waals surface area (Å²) in [4.78, 5) is 24.0. The number of hydrogen-bond acceptors (Lipinski definition) is 3. The molecule has 0 atom stereocenters. The molecule has 0 spiro atoms. The van der Waals surface area contributed by atoms with E-state index < -0.39 is 0 Å². The van der Waals surface area contributed by atoms with Gasteiger partial charge in [0.05, 0.1) is 11.0 Å².